The highest BCUT2D eigenvalue weighted by atomic mass is 16.2. The molecule has 1 unspecified atom stereocenters. The van der Waals surface area contributed by atoms with Crippen LogP contribution >= 0.6 is 0 Å². The van der Waals surface area contributed by atoms with Crippen molar-refractivity contribution in [3.63, 3.8) is 0 Å². The number of nitrogens with one attached hydrogen (secondary N) is 2. The van der Waals surface area contributed by atoms with E-state index in [1.807, 2.05) is 31.3 Å². The minimum Gasteiger partial charge on any atom is -0.370 e. The summed E-state index contributed by atoms with van der Waals surface area (Å²) in [5.74, 6) is 0.272. The molecule has 1 aliphatic rings. The lowest BCUT2D eigenvalue weighted by Crippen LogP contribution is -2.39. The van der Waals surface area contributed by atoms with Gasteiger partial charge in [-0.05, 0) is 18.6 Å². The van der Waals surface area contributed by atoms with Gasteiger partial charge in [-0.2, -0.15) is 0 Å². The molecule has 2 aromatic rings. The number of nitrogens with zero attached hydrogens (tertiary/aromatic N) is 4. The highest BCUT2D eigenvalue weighted by molar-refractivity contribution is 6.01. The number of rotatable bonds is 5. The van der Waals surface area contributed by atoms with Gasteiger partial charge in [0.1, 0.15) is 0 Å². The van der Waals surface area contributed by atoms with E-state index in [0.29, 0.717) is 18.1 Å². The monoisotopic (exact) mass is 381 g/mol. The first-order valence-corrected chi connectivity index (χ1v) is 9.36. The summed E-state index contributed by atoms with van der Waals surface area (Å²) < 4.78 is 0. The summed E-state index contributed by atoms with van der Waals surface area (Å²) in [7, 11) is 3.80. The molecule has 1 aromatic heterocycles. The molecule has 0 fully saturated rings. The largest absolute Gasteiger partial charge is 0.370 e. The minimum absolute atomic E-state index is 0.0305. The van der Waals surface area contributed by atoms with Crippen LogP contribution in [0.3, 0.4) is 0 Å². The standard InChI is InChI=1S/C20H27N7O/c1-4-16-18(12-24-20(21)23-10-9-14-11-22-13-25-14)27(3)19(28)15-7-5-6-8-17(15)26(16)2/h5-8,11-13,16H,4,9-10H2,1-3H3,(H,22,25)(H3,21,23,24)/b18-12+. The number of amides is 1. The Bertz CT molecular complexity index is 872. The Balaban J connectivity index is 1.78. The number of H-pyrrole nitrogens is 1. The van der Waals surface area contributed by atoms with Gasteiger partial charge in [-0.25, -0.2) is 4.98 Å². The van der Waals surface area contributed by atoms with E-state index in [1.54, 1.807) is 30.7 Å². The number of aromatic amines is 1. The number of guanidine groups is 1. The fourth-order valence-electron chi connectivity index (χ4n) is 3.44. The summed E-state index contributed by atoms with van der Waals surface area (Å²) in [6, 6.07) is 7.70. The summed E-state index contributed by atoms with van der Waals surface area (Å²) in [4.78, 5) is 28.1. The van der Waals surface area contributed by atoms with Gasteiger partial charge in [0, 0.05) is 50.8 Å². The molecule has 0 saturated heterocycles. The Morgan fingerprint density at radius 3 is 2.89 bits per heavy atom. The lowest BCUT2D eigenvalue weighted by molar-refractivity contribution is 0.0833. The van der Waals surface area contributed by atoms with E-state index >= 15 is 0 Å². The molecule has 8 nitrogen and oxygen atoms in total. The molecule has 0 aliphatic carbocycles. The third-order valence-electron chi connectivity index (χ3n) is 4.99. The number of imidazole rings is 1. The molecule has 3 rings (SSSR count). The second-order valence-corrected chi connectivity index (χ2v) is 6.72. The average molecular weight is 381 g/mol. The van der Waals surface area contributed by atoms with Gasteiger partial charge in [0.15, 0.2) is 5.96 Å². The third kappa shape index (κ3) is 4.00. The van der Waals surface area contributed by atoms with Crippen LogP contribution in [0.5, 0.6) is 0 Å². The number of fused-ring (bicyclic) bond motifs is 1. The number of anilines is 1. The summed E-state index contributed by atoms with van der Waals surface area (Å²) in [6.07, 6.45) is 6.76. The van der Waals surface area contributed by atoms with E-state index in [2.05, 4.69) is 32.1 Å². The third-order valence-corrected chi connectivity index (χ3v) is 4.99. The fraction of sp³-hybridized carbons (Fsp3) is 0.350. The van der Waals surface area contributed by atoms with E-state index in [9.17, 15) is 4.79 Å². The van der Waals surface area contributed by atoms with E-state index in [0.717, 1.165) is 29.9 Å². The molecular weight excluding hydrogens is 354 g/mol. The van der Waals surface area contributed by atoms with Crippen LogP contribution in [0.25, 0.3) is 0 Å². The topological polar surface area (TPSA) is 103 Å². The maximum absolute atomic E-state index is 13.0. The van der Waals surface area contributed by atoms with Crippen LogP contribution in [0.4, 0.5) is 5.69 Å². The Hall–Kier alpha value is -3.29. The van der Waals surface area contributed by atoms with Crippen molar-refractivity contribution >= 4 is 17.6 Å². The number of hydrogen-bond acceptors (Lipinski definition) is 4. The zero-order valence-corrected chi connectivity index (χ0v) is 16.5. The first kappa shape index (κ1) is 19.5. The number of likely N-dealkylation sites (N-methyl/N-ethyl adjacent to an activating group) is 2. The van der Waals surface area contributed by atoms with Gasteiger partial charge in [0.05, 0.1) is 23.6 Å². The Morgan fingerprint density at radius 2 is 2.18 bits per heavy atom. The van der Waals surface area contributed by atoms with Crippen molar-refractivity contribution in [2.45, 2.75) is 25.8 Å². The van der Waals surface area contributed by atoms with Crippen LogP contribution in [0.15, 0.2) is 53.7 Å². The van der Waals surface area contributed by atoms with Crippen molar-refractivity contribution in [3.8, 4) is 0 Å². The number of carbonyl (C=O) groups is 1. The highest BCUT2D eigenvalue weighted by Crippen LogP contribution is 2.31. The first-order valence-electron chi connectivity index (χ1n) is 9.36. The lowest BCUT2D eigenvalue weighted by Gasteiger charge is -2.31. The van der Waals surface area contributed by atoms with Crippen molar-refractivity contribution in [2.75, 3.05) is 25.5 Å². The molecule has 2 heterocycles. The highest BCUT2D eigenvalue weighted by Gasteiger charge is 2.32. The van der Waals surface area contributed by atoms with Crippen molar-refractivity contribution in [1.82, 2.24) is 20.2 Å². The van der Waals surface area contributed by atoms with Crippen LogP contribution in [-0.4, -0.2) is 53.4 Å². The van der Waals surface area contributed by atoms with Crippen LogP contribution in [0.1, 0.15) is 29.4 Å². The Kier molecular flexibility index (Phi) is 5.98. The van der Waals surface area contributed by atoms with E-state index < -0.39 is 0 Å². The number of nitrogens with two attached hydrogens (primary N) is 1. The fourth-order valence-corrected chi connectivity index (χ4v) is 3.44. The van der Waals surface area contributed by atoms with Gasteiger partial charge < -0.3 is 25.8 Å². The number of benzene rings is 1. The lowest BCUT2D eigenvalue weighted by atomic mass is 10.1. The van der Waals surface area contributed by atoms with E-state index in [-0.39, 0.29) is 11.9 Å². The van der Waals surface area contributed by atoms with Gasteiger partial charge in [-0.3, -0.25) is 9.79 Å². The van der Waals surface area contributed by atoms with Crippen LogP contribution in [0, 0.1) is 0 Å². The second-order valence-electron chi connectivity index (χ2n) is 6.72. The normalized spacial score (nSPS) is 19.0. The zero-order chi connectivity index (χ0) is 20.1. The molecular formula is C20H27N7O. The number of hydrogen-bond donors (Lipinski definition) is 3. The van der Waals surface area contributed by atoms with Crippen LogP contribution in [-0.2, 0) is 6.42 Å². The minimum atomic E-state index is -0.0406. The zero-order valence-electron chi connectivity index (χ0n) is 16.5. The summed E-state index contributed by atoms with van der Waals surface area (Å²) in [5.41, 5.74) is 9.48. The number of para-hydroxylation sites is 1. The molecule has 1 aromatic carbocycles. The molecule has 28 heavy (non-hydrogen) atoms. The van der Waals surface area contributed by atoms with Gasteiger partial charge in [0.2, 0.25) is 0 Å². The number of aliphatic imine (C=N–C) groups is 1. The van der Waals surface area contributed by atoms with Gasteiger partial charge in [0.25, 0.3) is 5.91 Å². The van der Waals surface area contributed by atoms with Gasteiger partial charge in [-0.1, -0.05) is 19.1 Å². The van der Waals surface area contributed by atoms with Crippen molar-refractivity contribution in [1.29, 1.82) is 0 Å². The van der Waals surface area contributed by atoms with Crippen LogP contribution in [0.2, 0.25) is 0 Å². The predicted molar refractivity (Wildman–Crippen MR) is 111 cm³/mol. The van der Waals surface area contributed by atoms with Gasteiger partial charge in [-0.15, -0.1) is 0 Å². The molecule has 1 aliphatic heterocycles. The molecule has 1 amide bonds. The maximum atomic E-state index is 13.0. The number of carbonyl (C=O) groups excluding carboxylic acids is 1. The molecule has 1 atom stereocenters. The van der Waals surface area contributed by atoms with E-state index in [1.165, 1.54) is 0 Å². The maximum Gasteiger partial charge on any atom is 0.259 e. The first-order chi connectivity index (χ1) is 13.5. The van der Waals surface area contributed by atoms with Crippen molar-refractivity contribution < 1.29 is 4.79 Å². The molecule has 0 bridgehead atoms. The summed E-state index contributed by atoms with van der Waals surface area (Å²) >= 11 is 0. The van der Waals surface area contributed by atoms with Gasteiger partial charge >= 0.3 is 0 Å². The molecule has 8 heteroatoms. The second kappa shape index (κ2) is 8.60. The molecule has 4 N–H and O–H groups in total. The molecule has 0 saturated carbocycles. The molecule has 148 valence electrons. The Morgan fingerprint density at radius 1 is 1.39 bits per heavy atom. The summed E-state index contributed by atoms with van der Waals surface area (Å²) in [5, 5.41) is 3.04. The number of aromatic nitrogens is 2. The SMILES string of the molecule is CCC1/C(=C\NC(N)=NCCc2cnc[nH]2)N(C)C(=O)c2ccccc2N1C. The van der Waals surface area contributed by atoms with Crippen molar-refractivity contribution in [2.24, 2.45) is 10.7 Å². The summed E-state index contributed by atoms with van der Waals surface area (Å²) in [6.45, 7) is 2.64. The average Bonchev–Trinajstić information content (AvgIpc) is 3.20. The smallest absolute Gasteiger partial charge is 0.259 e. The molecule has 0 radical (unpaired) electrons. The molecule has 0 spiro atoms. The van der Waals surface area contributed by atoms with Crippen LogP contribution < -0.4 is 16.0 Å². The Labute approximate surface area is 165 Å². The quantitative estimate of drug-likeness (QED) is 0.540. The van der Waals surface area contributed by atoms with Crippen molar-refractivity contribution in [3.05, 3.63) is 59.9 Å². The predicted octanol–water partition coefficient (Wildman–Crippen LogP) is 1.70. The van der Waals surface area contributed by atoms with E-state index in [4.69, 9.17) is 5.73 Å².